The van der Waals surface area contributed by atoms with Crippen molar-refractivity contribution in [2.75, 3.05) is 6.61 Å². The van der Waals surface area contributed by atoms with Crippen LogP contribution in [0.5, 0.6) is 0 Å². The maximum Gasteiger partial charge on any atom is 0.187 e. The van der Waals surface area contributed by atoms with Gasteiger partial charge in [-0.1, -0.05) is 43.0 Å². The molecule has 1 aromatic rings. The van der Waals surface area contributed by atoms with Crippen LogP contribution in [0.1, 0.15) is 26.3 Å². The zero-order valence-corrected chi connectivity index (χ0v) is 11.8. The van der Waals surface area contributed by atoms with E-state index < -0.39 is 0 Å². The minimum Gasteiger partial charge on any atom is -0.493 e. The van der Waals surface area contributed by atoms with Gasteiger partial charge in [0.25, 0.3) is 0 Å². The minimum absolute atomic E-state index is 0.0684. The van der Waals surface area contributed by atoms with Gasteiger partial charge in [0.1, 0.15) is 5.76 Å². The summed E-state index contributed by atoms with van der Waals surface area (Å²) in [6.45, 7) is 9.56. The Morgan fingerprint density at radius 1 is 1.26 bits per heavy atom. The van der Waals surface area contributed by atoms with Crippen molar-refractivity contribution in [3.63, 3.8) is 0 Å². The zero-order chi connectivity index (χ0) is 14.3. The zero-order valence-electron chi connectivity index (χ0n) is 11.8. The van der Waals surface area contributed by atoms with Crippen molar-refractivity contribution in [2.24, 2.45) is 0 Å². The maximum absolute atomic E-state index is 11.9. The molecular weight excluding hydrogens is 236 g/mol. The monoisotopic (exact) mass is 256 g/mol. The van der Waals surface area contributed by atoms with Crippen molar-refractivity contribution in [3.8, 4) is 0 Å². The minimum atomic E-state index is -0.0684. The van der Waals surface area contributed by atoms with E-state index in [1.165, 1.54) is 0 Å². The first-order chi connectivity index (χ1) is 9.06. The van der Waals surface area contributed by atoms with Crippen LogP contribution in [-0.4, -0.2) is 12.4 Å². The van der Waals surface area contributed by atoms with Crippen LogP contribution in [0.15, 0.2) is 59.9 Å². The van der Waals surface area contributed by atoms with Crippen molar-refractivity contribution < 1.29 is 9.53 Å². The molecule has 0 aliphatic rings. The van der Waals surface area contributed by atoms with Crippen molar-refractivity contribution in [2.45, 2.75) is 20.8 Å². The average molecular weight is 256 g/mol. The number of ether oxygens (including phenoxy) is 1. The SMILES string of the molecule is C=C(C)C(=O)/C(C)=C(\C=C\c1ccccc1)OCC. The standard InChI is InChI=1S/C17H20O2/c1-5-19-16(14(4)17(18)13(2)3)12-11-15-9-7-6-8-10-15/h6-12H,2,5H2,1,3-4H3/b12-11+,16-14+. The number of hydrogen-bond acceptors (Lipinski definition) is 2. The van der Waals surface area contributed by atoms with Gasteiger partial charge in [-0.05, 0) is 38.0 Å². The molecule has 0 amide bonds. The summed E-state index contributed by atoms with van der Waals surface area (Å²) in [6, 6.07) is 9.89. The van der Waals surface area contributed by atoms with E-state index >= 15 is 0 Å². The van der Waals surface area contributed by atoms with E-state index in [-0.39, 0.29) is 5.78 Å². The first kappa shape index (κ1) is 15.0. The fraction of sp³-hybridized carbons (Fsp3) is 0.235. The molecule has 0 aliphatic heterocycles. The highest BCUT2D eigenvalue weighted by Gasteiger charge is 2.10. The van der Waals surface area contributed by atoms with Crippen molar-refractivity contribution in [1.29, 1.82) is 0 Å². The topological polar surface area (TPSA) is 26.3 Å². The Balaban J connectivity index is 3.01. The summed E-state index contributed by atoms with van der Waals surface area (Å²) in [7, 11) is 0. The summed E-state index contributed by atoms with van der Waals surface area (Å²) >= 11 is 0. The van der Waals surface area contributed by atoms with Gasteiger partial charge in [-0.2, -0.15) is 0 Å². The summed E-state index contributed by atoms with van der Waals surface area (Å²) in [5.41, 5.74) is 2.17. The molecule has 2 nitrogen and oxygen atoms in total. The fourth-order valence-corrected chi connectivity index (χ4v) is 1.60. The molecule has 0 aromatic heterocycles. The molecule has 0 bridgehead atoms. The molecule has 0 unspecified atom stereocenters. The van der Waals surface area contributed by atoms with Gasteiger partial charge in [0, 0.05) is 5.57 Å². The second-order valence-corrected chi connectivity index (χ2v) is 4.28. The molecule has 1 rings (SSSR count). The lowest BCUT2D eigenvalue weighted by atomic mass is 10.1. The smallest absolute Gasteiger partial charge is 0.187 e. The van der Waals surface area contributed by atoms with Crippen LogP contribution in [0.4, 0.5) is 0 Å². The molecule has 0 heterocycles. The second-order valence-electron chi connectivity index (χ2n) is 4.28. The largest absolute Gasteiger partial charge is 0.493 e. The maximum atomic E-state index is 11.9. The molecule has 0 atom stereocenters. The van der Waals surface area contributed by atoms with Gasteiger partial charge >= 0.3 is 0 Å². The Morgan fingerprint density at radius 3 is 2.42 bits per heavy atom. The van der Waals surface area contributed by atoms with Crippen LogP contribution in [0.2, 0.25) is 0 Å². The van der Waals surface area contributed by atoms with Gasteiger partial charge in [-0.3, -0.25) is 4.79 Å². The number of hydrogen-bond donors (Lipinski definition) is 0. The van der Waals surface area contributed by atoms with Gasteiger partial charge < -0.3 is 4.74 Å². The molecule has 0 spiro atoms. The highest BCUT2D eigenvalue weighted by Crippen LogP contribution is 2.14. The molecule has 19 heavy (non-hydrogen) atoms. The summed E-state index contributed by atoms with van der Waals surface area (Å²) in [5, 5.41) is 0. The molecule has 2 heteroatoms. The molecule has 0 aliphatic carbocycles. The Labute approximate surface area is 115 Å². The third kappa shape index (κ3) is 4.59. The molecular formula is C17H20O2. The number of Topliss-reactive ketones (excluding diaryl/α,β-unsaturated/α-hetero) is 1. The van der Waals surface area contributed by atoms with Gasteiger partial charge in [0.15, 0.2) is 5.78 Å². The van der Waals surface area contributed by atoms with Crippen molar-refractivity contribution >= 4 is 11.9 Å². The average Bonchev–Trinajstić information content (AvgIpc) is 2.42. The number of carbonyl (C=O) groups is 1. The molecule has 0 saturated heterocycles. The number of rotatable bonds is 6. The van der Waals surface area contributed by atoms with Crippen LogP contribution in [0.3, 0.4) is 0 Å². The number of benzene rings is 1. The van der Waals surface area contributed by atoms with E-state index in [0.29, 0.717) is 23.5 Å². The van der Waals surface area contributed by atoms with Gasteiger partial charge in [-0.15, -0.1) is 0 Å². The Kier molecular flexibility index (Phi) is 5.80. The van der Waals surface area contributed by atoms with E-state index in [9.17, 15) is 4.79 Å². The van der Waals surface area contributed by atoms with Crippen LogP contribution < -0.4 is 0 Å². The van der Waals surface area contributed by atoms with Crippen LogP contribution in [0, 0.1) is 0 Å². The molecule has 0 fully saturated rings. The van der Waals surface area contributed by atoms with Crippen molar-refractivity contribution in [3.05, 3.63) is 65.5 Å². The van der Waals surface area contributed by atoms with E-state index in [1.54, 1.807) is 13.8 Å². The summed E-state index contributed by atoms with van der Waals surface area (Å²) in [5.74, 6) is 0.528. The molecule has 100 valence electrons. The van der Waals surface area contributed by atoms with E-state index in [1.807, 2.05) is 49.4 Å². The highest BCUT2D eigenvalue weighted by molar-refractivity contribution is 6.07. The quantitative estimate of drug-likeness (QED) is 0.434. The van der Waals surface area contributed by atoms with Crippen LogP contribution in [0.25, 0.3) is 6.08 Å². The Bertz CT molecular complexity index is 507. The third-order valence-corrected chi connectivity index (χ3v) is 2.62. The molecule has 0 saturated carbocycles. The lowest BCUT2D eigenvalue weighted by Gasteiger charge is -2.08. The van der Waals surface area contributed by atoms with E-state index in [0.717, 1.165) is 5.56 Å². The summed E-state index contributed by atoms with van der Waals surface area (Å²) in [6.07, 6.45) is 3.76. The Hall–Kier alpha value is -2.09. The number of carbonyl (C=O) groups excluding carboxylic acids is 1. The van der Waals surface area contributed by atoms with E-state index in [4.69, 9.17) is 4.74 Å². The highest BCUT2D eigenvalue weighted by atomic mass is 16.5. The lowest BCUT2D eigenvalue weighted by Crippen LogP contribution is -2.05. The Morgan fingerprint density at radius 2 is 1.89 bits per heavy atom. The number of allylic oxidation sites excluding steroid dienone is 3. The summed E-state index contributed by atoms with van der Waals surface area (Å²) < 4.78 is 5.53. The predicted molar refractivity (Wildman–Crippen MR) is 79.6 cm³/mol. The first-order valence-electron chi connectivity index (χ1n) is 6.33. The van der Waals surface area contributed by atoms with Crippen LogP contribution in [-0.2, 0) is 9.53 Å². The fourth-order valence-electron chi connectivity index (χ4n) is 1.60. The first-order valence-corrected chi connectivity index (χ1v) is 6.33. The van der Waals surface area contributed by atoms with E-state index in [2.05, 4.69) is 6.58 Å². The molecule has 0 N–H and O–H groups in total. The lowest BCUT2D eigenvalue weighted by molar-refractivity contribution is -0.112. The van der Waals surface area contributed by atoms with Crippen molar-refractivity contribution in [1.82, 2.24) is 0 Å². The van der Waals surface area contributed by atoms with Gasteiger partial charge in [0.05, 0.1) is 6.61 Å². The summed E-state index contributed by atoms with van der Waals surface area (Å²) in [4.78, 5) is 11.9. The van der Waals surface area contributed by atoms with Crippen LogP contribution >= 0.6 is 0 Å². The van der Waals surface area contributed by atoms with Gasteiger partial charge in [-0.25, -0.2) is 0 Å². The molecule has 0 radical (unpaired) electrons. The number of ketones is 1. The van der Waals surface area contributed by atoms with Gasteiger partial charge in [0.2, 0.25) is 0 Å². The molecule has 1 aromatic carbocycles. The normalized spacial score (nSPS) is 12.2. The predicted octanol–water partition coefficient (Wildman–Crippen LogP) is 4.16. The third-order valence-electron chi connectivity index (χ3n) is 2.62. The second kappa shape index (κ2) is 7.37.